The number of nitrogens with zero attached hydrogens (tertiary/aromatic N) is 4. The van der Waals surface area contributed by atoms with Gasteiger partial charge < -0.3 is 4.90 Å². The van der Waals surface area contributed by atoms with Crippen molar-refractivity contribution in [3.8, 4) is 0 Å². The second kappa shape index (κ2) is 12.4. The minimum Gasteiger partial charge on any atom is -0.339 e. The number of aryl methyl sites for hydroxylation is 1. The fourth-order valence-corrected chi connectivity index (χ4v) is 6.04. The lowest BCUT2D eigenvalue weighted by Crippen LogP contribution is -2.52. The smallest absolute Gasteiger partial charge is 0.254 e. The predicted octanol–water partition coefficient (Wildman–Crippen LogP) is 4.54. The number of amides is 1. The summed E-state index contributed by atoms with van der Waals surface area (Å²) in [5.41, 5.74) is 3.23. The van der Waals surface area contributed by atoms with Crippen LogP contribution in [0.5, 0.6) is 0 Å². The Balaban J connectivity index is 1.48. The quantitative estimate of drug-likeness (QED) is 0.316. The fourth-order valence-electron chi connectivity index (χ4n) is 4.76. The van der Waals surface area contributed by atoms with Crippen LogP contribution in [-0.2, 0) is 18.3 Å². The highest BCUT2D eigenvalue weighted by molar-refractivity contribution is 8.00. The summed E-state index contributed by atoms with van der Waals surface area (Å²) in [5, 5.41) is 0.379. The van der Waals surface area contributed by atoms with Crippen LogP contribution < -0.4 is 5.56 Å². The van der Waals surface area contributed by atoms with Crippen LogP contribution in [0.4, 0.5) is 0 Å². The molecule has 1 aliphatic heterocycles. The first-order valence-corrected chi connectivity index (χ1v) is 13.8. The third-order valence-corrected chi connectivity index (χ3v) is 8.10. The van der Waals surface area contributed by atoms with E-state index in [4.69, 9.17) is 0 Å². The average Bonchev–Trinajstić information content (AvgIpc) is 2.92. The SMILES string of the molecule is CCCC(Sc1nc(CC)cc(=O)n1C)C(=O)N1CCN(C(c2ccccc2)c2ccccc2)CC1. The lowest BCUT2D eigenvalue weighted by molar-refractivity contribution is -0.132. The van der Waals surface area contributed by atoms with Gasteiger partial charge in [-0.25, -0.2) is 4.98 Å². The molecule has 2 heterocycles. The number of hydrogen-bond donors (Lipinski definition) is 0. The van der Waals surface area contributed by atoms with Crippen molar-refractivity contribution in [2.24, 2.45) is 7.05 Å². The molecule has 0 aliphatic carbocycles. The summed E-state index contributed by atoms with van der Waals surface area (Å²) in [5.74, 6) is 0.147. The number of carbonyl (C=O) groups excluding carboxylic acids is 1. The number of piperazine rings is 1. The second-order valence-corrected chi connectivity index (χ2v) is 10.4. The van der Waals surface area contributed by atoms with Crippen LogP contribution >= 0.6 is 11.8 Å². The fraction of sp³-hybridized carbons (Fsp3) is 0.414. The van der Waals surface area contributed by atoms with Crippen LogP contribution in [-0.4, -0.2) is 56.7 Å². The van der Waals surface area contributed by atoms with Gasteiger partial charge in [-0.2, -0.15) is 0 Å². The van der Waals surface area contributed by atoms with Crippen LogP contribution in [0.1, 0.15) is 49.6 Å². The minimum absolute atomic E-state index is 0.0754. The van der Waals surface area contributed by atoms with Crippen molar-refractivity contribution in [3.63, 3.8) is 0 Å². The third kappa shape index (κ3) is 6.08. The molecule has 0 bridgehead atoms. The first kappa shape index (κ1) is 26.2. The highest BCUT2D eigenvalue weighted by atomic mass is 32.2. The summed E-state index contributed by atoms with van der Waals surface area (Å²) < 4.78 is 1.56. The Morgan fingerprint density at radius 3 is 2.06 bits per heavy atom. The van der Waals surface area contributed by atoms with E-state index < -0.39 is 0 Å². The monoisotopic (exact) mass is 504 g/mol. The van der Waals surface area contributed by atoms with Crippen molar-refractivity contribution in [3.05, 3.63) is 93.9 Å². The Hall–Kier alpha value is -2.90. The van der Waals surface area contributed by atoms with Crippen LogP contribution in [0.2, 0.25) is 0 Å². The number of hydrogen-bond acceptors (Lipinski definition) is 5. The summed E-state index contributed by atoms with van der Waals surface area (Å²) in [7, 11) is 1.73. The molecule has 0 N–H and O–H groups in total. The number of benzene rings is 2. The molecule has 1 atom stereocenters. The molecule has 1 fully saturated rings. The second-order valence-electron chi connectivity index (χ2n) is 9.26. The molecule has 6 nitrogen and oxygen atoms in total. The summed E-state index contributed by atoms with van der Waals surface area (Å²) in [6.07, 6.45) is 2.35. The standard InChI is InChI=1S/C29H36N4O2S/c1-4-12-25(36-29-30-24(5-2)21-26(34)31(29)3)28(35)33-19-17-32(18-20-33)27(22-13-8-6-9-14-22)23-15-10-7-11-16-23/h6-11,13-16,21,25,27H,4-5,12,17-20H2,1-3H3. The van der Waals surface area contributed by atoms with Gasteiger partial charge in [-0.15, -0.1) is 0 Å². The molecule has 3 aromatic rings. The number of aromatic nitrogens is 2. The van der Waals surface area contributed by atoms with E-state index in [0.717, 1.165) is 31.6 Å². The summed E-state index contributed by atoms with van der Waals surface area (Å²) >= 11 is 1.43. The van der Waals surface area contributed by atoms with Crippen molar-refractivity contribution in [1.29, 1.82) is 0 Å². The molecule has 1 amide bonds. The molecule has 0 spiro atoms. The van der Waals surface area contributed by atoms with E-state index in [1.165, 1.54) is 22.9 Å². The van der Waals surface area contributed by atoms with Crippen molar-refractivity contribution >= 4 is 17.7 Å². The van der Waals surface area contributed by atoms with E-state index in [0.29, 0.717) is 24.7 Å². The van der Waals surface area contributed by atoms with E-state index in [9.17, 15) is 9.59 Å². The van der Waals surface area contributed by atoms with E-state index in [2.05, 4.69) is 77.5 Å². The first-order chi connectivity index (χ1) is 17.5. The number of carbonyl (C=O) groups is 1. The van der Waals surface area contributed by atoms with Gasteiger partial charge in [0, 0.05) is 45.0 Å². The molecule has 1 saturated heterocycles. The van der Waals surface area contributed by atoms with Gasteiger partial charge in [0.25, 0.3) is 5.56 Å². The van der Waals surface area contributed by atoms with Crippen LogP contribution in [0.25, 0.3) is 0 Å². The molecule has 190 valence electrons. The van der Waals surface area contributed by atoms with Crippen molar-refractivity contribution in [1.82, 2.24) is 19.4 Å². The Bertz CT molecular complexity index is 1150. The molecule has 0 saturated carbocycles. The first-order valence-electron chi connectivity index (χ1n) is 12.9. The van der Waals surface area contributed by atoms with Crippen molar-refractivity contribution in [2.75, 3.05) is 26.2 Å². The van der Waals surface area contributed by atoms with Gasteiger partial charge in [-0.3, -0.25) is 19.1 Å². The molecule has 1 aliphatic rings. The van der Waals surface area contributed by atoms with Crippen LogP contribution in [0.15, 0.2) is 76.7 Å². The van der Waals surface area contributed by atoms with E-state index in [-0.39, 0.29) is 22.8 Å². The van der Waals surface area contributed by atoms with Gasteiger partial charge in [0.2, 0.25) is 5.91 Å². The maximum Gasteiger partial charge on any atom is 0.254 e. The van der Waals surface area contributed by atoms with Gasteiger partial charge >= 0.3 is 0 Å². The molecule has 4 rings (SSSR count). The zero-order chi connectivity index (χ0) is 25.5. The van der Waals surface area contributed by atoms with Gasteiger partial charge in [0.15, 0.2) is 5.16 Å². The van der Waals surface area contributed by atoms with Crippen molar-refractivity contribution in [2.45, 2.75) is 49.6 Å². The van der Waals surface area contributed by atoms with Gasteiger partial charge in [-0.05, 0) is 24.0 Å². The number of rotatable bonds is 9. The maximum absolute atomic E-state index is 13.6. The van der Waals surface area contributed by atoms with E-state index >= 15 is 0 Å². The lowest BCUT2D eigenvalue weighted by atomic mass is 9.96. The Labute approximate surface area is 218 Å². The van der Waals surface area contributed by atoms with E-state index in [1.807, 2.05) is 11.8 Å². The molecule has 7 heteroatoms. The summed E-state index contributed by atoms with van der Waals surface area (Å²) in [4.78, 5) is 35.1. The van der Waals surface area contributed by atoms with Crippen LogP contribution in [0, 0.1) is 0 Å². The largest absolute Gasteiger partial charge is 0.339 e. The zero-order valence-electron chi connectivity index (χ0n) is 21.5. The summed E-state index contributed by atoms with van der Waals surface area (Å²) in [6, 6.07) is 22.9. The molecule has 2 aromatic carbocycles. The zero-order valence-corrected chi connectivity index (χ0v) is 22.3. The molecular weight excluding hydrogens is 468 g/mol. The molecule has 0 radical (unpaired) electrons. The highest BCUT2D eigenvalue weighted by Gasteiger charge is 2.32. The molecule has 1 aromatic heterocycles. The molecule has 1 unspecified atom stereocenters. The van der Waals surface area contributed by atoms with Gasteiger partial charge in [0.05, 0.1) is 11.3 Å². The Morgan fingerprint density at radius 2 is 1.53 bits per heavy atom. The minimum atomic E-state index is -0.245. The van der Waals surface area contributed by atoms with Gasteiger partial charge in [0.1, 0.15) is 0 Å². The highest BCUT2D eigenvalue weighted by Crippen LogP contribution is 2.31. The van der Waals surface area contributed by atoms with E-state index in [1.54, 1.807) is 17.7 Å². The van der Waals surface area contributed by atoms with Gasteiger partial charge in [-0.1, -0.05) is 92.7 Å². The third-order valence-electron chi connectivity index (χ3n) is 6.80. The molecular formula is C29H36N4O2S. The topological polar surface area (TPSA) is 58.4 Å². The maximum atomic E-state index is 13.6. The predicted molar refractivity (Wildman–Crippen MR) is 146 cm³/mol. The Morgan fingerprint density at radius 1 is 0.944 bits per heavy atom. The van der Waals surface area contributed by atoms with Crippen molar-refractivity contribution < 1.29 is 4.79 Å². The lowest BCUT2D eigenvalue weighted by Gasteiger charge is -2.40. The Kier molecular flexibility index (Phi) is 8.99. The van der Waals surface area contributed by atoms with Crippen LogP contribution in [0.3, 0.4) is 0 Å². The summed E-state index contributed by atoms with van der Waals surface area (Å²) in [6.45, 7) is 7.09. The number of thioether (sulfide) groups is 1. The average molecular weight is 505 g/mol. The molecule has 36 heavy (non-hydrogen) atoms. The normalized spacial score (nSPS) is 15.3.